The minimum Gasteiger partial charge on any atom is -0.393 e. The maximum Gasteiger partial charge on any atom is 0.159 e. The number of aliphatic hydroxyl groups excluding tert-OH is 2. The van der Waals surface area contributed by atoms with E-state index in [9.17, 15) is 10.2 Å². The lowest BCUT2D eigenvalue weighted by Crippen LogP contribution is -2.36. The van der Waals surface area contributed by atoms with Crippen molar-refractivity contribution in [1.29, 1.82) is 0 Å². The van der Waals surface area contributed by atoms with Gasteiger partial charge in [-0.1, -0.05) is 46.0 Å². The van der Waals surface area contributed by atoms with E-state index in [0.29, 0.717) is 12.5 Å². The van der Waals surface area contributed by atoms with E-state index in [2.05, 4.69) is 13.8 Å². The Morgan fingerprint density at radius 3 is 2.56 bits per heavy atom. The summed E-state index contributed by atoms with van der Waals surface area (Å²) in [6.07, 6.45) is 7.39. The van der Waals surface area contributed by atoms with Crippen LogP contribution in [-0.2, 0) is 4.74 Å². The highest BCUT2D eigenvalue weighted by molar-refractivity contribution is 4.76. The van der Waals surface area contributed by atoms with Crippen LogP contribution < -0.4 is 0 Å². The number of unbranched alkanes of at least 4 members (excludes halogenated alkanes) is 1. The van der Waals surface area contributed by atoms with Gasteiger partial charge in [-0.2, -0.15) is 0 Å². The van der Waals surface area contributed by atoms with Gasteiger partial charge in [-0.25, -0.2) is 0 Å². The van der Waals surface area contributed by atoms with Crippen molar-refractivity contribution < 1.29 is 14.9 Å². The molecule has 0 aromatic carbocycles. The molecule has 0 heterocycles. The molecule has 4 unspecified atom stereocenters. The molecule has 0 radical (unpaired) electrons. The highest BCUT2D eigenvalue weighted by atomic mass is 16.6. The Balaban J connectivity index is 2.27. The van der Waals surface area contributed by atoms with Gasteiger partial charge in [0.15, 0.2) is 6.29 Å². The van der Waals surface area contributed by atoms with Crippen molar-refractivity contribution in [2.75, 3.05) is 6.61 Å². The molecule has 0 bridgehead atoms. The first kappa shape index (κ1) is 15.9. The lowest BCUT2D eigenvalue weighted by molar-refractivity contribution is -0.172. The maximum atomic E-state index is 10.0. The Morgan fingerprint density at radius 1 is 1.22 bits per heavy atom. The van der Waals surface area contributed by atoms with Crippen LogP contribution in [0.2, 0.25) is 0 Å². The minimum atomic E-state index is -0.782. The summed E-state index contributed by atoms with van der Waals surface area (Å²) in [7, 11) is 0. The summed E-state index contributed by atoms with van der Waals surface area (Å²) in [5.41, 5.74) is 0. The molecule has 0 aliphatic heterocycles. The van der Waals surface area contributed by atoms with Gasteiger partial charge in [0.25, 0.3) is 0 Å². The zero-order valence-electron chi connectivity index (χ0n) is 12.0. The van der Waals surface area contributed by atoms with Crippen LogP contribution in [0.25, 0.3) is 0 Å². The first-order valence-corrected chi connectivity index (χ1v) is 7.66. The molecular weight excluding hydrogens is 228 g/mol. The van der Waals surface area contributed by atoms with E-state index in [1.807, 2.05) is 0 Å². The topological polar surface area (TPSA) is 49.7 Å². The number of hydrogen-bond donors (Lipinski definition) is 2. The molecule has 4 atom stereocenters. The fourth-order valence-electron chi connectivity index (χ4n) is 2.73. The molecule has 3 nitrogen and oxygen atoms in total. The van der Waals surface area contributed by atoms with Crippen molar-refractivity contribution in [1.82, 2.24) is 0 Å². The molecule has 108 valence electrons. The Bertz CT molecular complexity index is 208. The summed E-state index contributed by atoms with van der Waals surface area (Å²) in [5.74, 6) is 0.461. The van der Waals surface area contributed by atoms with E-state index in [4.69, 9.17) is 4.74 Å². The van der Waals surface area contributed by atoms with Gasteiger partial charge >= 0.3 is 0 Å². The average Bonchev–Trinajstić information content (AvgIpc) is 2.39. The minimum absolute atomic E-state index is 0.0811. The number of aliphatic hydroxyl groups is 2. The third kappa shape index (κ3) is 5.25. The predicted molar refractivity (Wildman–Crippen MR) is 73.2 cm³/mol. The molecule has 0 saturated heterocycles. The van der Waals surface area contributed by atoms with Crippen molar-refractivity contribution >= 4 is 0 Å². The molecule has 1 aliphatic carbocycles. The van der Waals surface area contributed by atoms with E-state index in [0.717, 1.165) is 32.1 Å². The highest BCUT2D eigenvalue weighted by Crippen LogP contribution is 2.28. The van der Waals surface area contributed by atoms with E-state index in [1.165, 1.54) is 19.3 Å². The molecule has 1 saturated carbocycles. The van der Waals surface area contributed by atoms with Crippen LogP contribution in [0.15, 0.2) is 0 Å². The quantitative estimate of drug-likeness (QED) is 0.658. The van der Waals surface area contributed by atoms with Crippen molar-refractivity contribution in [2.24, 2.45) is 11.8 Å². The van der Waals surface area contributed by atoms with E-state index < -0.39 is 6.29 Å². The Hall–Kier alpha value is -0.120. The zero-order valence-corrected chi connectivity index (χ0v) is 12.0. The molecule has 3 heteroatoms. The van der Waals surface area contributed by atoms with Gasteiger partial charge in [0, 0.05) is 5.92 Å². The van der Waals surface area contributed by atoms with Crippen LogP contribution in [-0.4, -0.2) is 29.2 Å². The summed E-state index contributed by atoms with van der Waals surface area (Å²) in [5, 5.41) is 19.9. The summed E-state index contributed by atoms with van der Waals surface area (Å²) < 4.78 is 5.60. The third-order valence-corrected chi connectivity index (χ3v) is 4.19. The maximum absolute atomic E-state index is 10.0. The van der Waals surface area contributed by atoms with Gasteiger partial charge in [0.2, 0.25) is 0 Å². The average molecular weight is 258 g/mol. The smallest absolute Gasteiger partial charge is 0.159 e. The standard InChI is InChI=1S/C15H30O3/c1-3-5-8-12(4-2)11-18-15(17)13-9-6-7-10-14(13)16/h12-17H,3-11H2,1-2H3. The van der Waals surface area contributed by atoms with Crippen LogP contribution in [0.3, 0.4) is 0 Å². The van der Waals surface area contributed by atoms with Gasteiger partial charge in [-0.3, -0.25) is 0 Å². The lowest BCUT2D eigenvalue weighted by atomic mass is 9.86. The fourth-order valence-corrected chi connectivity index (χ4v) is 2.73. The summed E-state index contributed by atoms with van der Waals surface area (Å²) in [6.45, 7) is 4.99. The molecule has 1 fully saturated rings. The van der Waals surface area contributed by atoms with Crippen molar-refractivity contribution in [3.63, 3.8) is 0 Å². The first-order valence-electron chi connectivity index (χ1n) is 7.66. The van der Waals surface area contributed by atoms with Crippen molar-refractivity contribution in [2.45, 2.75) is 77.6 Å². The Labute approximate surface area is 112 Å². The summed E-state index contributed by atoms with van der Waals surface area (Å²) >= 11 is 0. The second-order valence-corrected chi connectivity index (χ2v) is 5.66. The molecule has 1 rings (SSSR count). The number of rotatable bonds is 8. The Kier molecular flexibility index (Phi) is 7.87. The number of hydrogen-bond acceptors (Lipinski definition) is 3. The summed E-state index contributed by atoms with van der Waals surface area (Å²) in [4.78, 5) is 0. The first-order chi connectivity index (χ1) is 8.69. The van der Waals surface area contributed by atoms with Crippen LogP contribution in [0, 0.1) is 11.8 Å². The second kappa shape index (κ2) is 8.89. The summed E-state index contributed by atoms with van der Waals surface area (Å²) in [6, 6.07) is 0. The molecular formula is C15H30O3. The predicted octanol–water partition coefficient (Wildman–Crippen LogP) is 3.09. The molecule has 2 N–H and O–H groups in total. The van der Waals surface area contributed by atoms with Crippen LogP contribution in [0.1, 0.15) is 65.2 Å². The largest absolute Gasteiger partial charge is 0.393 e. The second-order valence-electron chi connectivity index (χ2n) is 5.66. The van der Waals surface area contributed by atoms with Gasteiger partial charge in [-0.05, 0) is 25.2 Å². The fraction of sp³-hybridized carbons (Fsp3) is 1.00. The van der Waals surface area contributed by atoms with Crippen LogP contribution in [0.4, 0.5) is 0 Å². The van der Waals surface area contributed by atoms with E-state index in [-0.39, 0.29) is 12.0 Å². The highest BCUT2D eigenvalue weighted by Gasteiger charge is 2.30. The van der Waals surface area contributed by atoms with Crippen LogP contribution in [0.5, 0.6) is 0 Å². The third-order valence-electron chi connectivity index (χ3n) is 4.19. The van der Waals surface area contributed by atoms with E-state index >= 15 is 0 Å². The molecule has 1 aliphatic rings. The monoisotopic (exact) mass is 258 g/mol. The zero-order chi connectivity index (χ0) is 13.4. The molecule has 0 amide bonds. The molecule has 0 spiro atoms. The Morgan fingerprint density at radius 2 is 1.94 bits per heavy atom. The van der Waals surface area contributed by atoms with Gasteiger partial charge in [0.05, 0.1) is 12.7 Å². The normalized spacial score (nSPS) is 28.0. The van der Waals surface area contributed by atoms with Gasteiger partial charge in [-0.15, -0.1) is 0 Å². The van der Waals surface area contributed by atoms with Crippen molar-refractivity contribution in [3.05, 3.63) is 0 Å². The molecule has 0 aromatic heterocycles. The SMILES string of the molecule is CCCCC(CC)COC(O)C1CCCCC1O. The van der Waals surface area contributed by atoms with Crippen molar-refractivity contribution in [3.8, 4) is 0 Å². The number of ether oxygens (including phenoxy) is 1. The van der Waals surface area contributed by atoms with Gasteiger partial charge in [0.1, 0.15) is 0 Å². The lowest BCUT2D eigenvalue weighted by Gasteiger charge is -2.31. The van der Waals surface area contributed by atoms with Gasteiger partial charge < -0.3 is 14.9 Å². The van der Waals surface area contributed by atoms with Crippen LogP contribution >= 0.6 is 0 Å². The van der Waals surface area contributed by atoms with E-state index in [1.54, 1.807) is 0 Å². The molecule has 0 aromatic rings. The molecule has 18 heavy (non-hydrogen) atoms.